The van der Waals surface area contributed by atoms with E-state index in [1.165, 1.54) is 5.56 Å². The lowest BCUT2D eigenvalue weighted by Crippen LogP contribution is -2.33. The van der Waals surface area contributed by atoms with Crippen molar-refractivity contribution in [3.8, 4) is 12.3 Å². The maximum atomic E-state index is 5.46. The minimum atomic E-state index is 0.459. The Morgan fingerprint density at radius 3 is 2.53 bits per heavy atom. The van der Waals surface area contributed by atoms with E-state index in [0.29, 0.717) is 11.8 Å². The molecular weight excluding hydrogens is 208 g/mol. The molecule has 0 aliphatic carbocycles. The molecule has 1 aliphatic heterocycles. The minimum Gasteiger partial charge on any atom is -0.357 e. The van der Waals surface area contributed by atoms with Gasteiger partial charge in [-0.3, -0.25) is 0 Å². The molecule has 17 heavy (non-hydrogen) atoms. The van der Waals surface area contributed by atoms with Gasteiger partial charge in [0, 0.05) is 25.2 Å². The summed E-state index contributed by atoms with van der Waals surface area (Å²) in [5.41, 5.74) is 1.30. The van der Waals surface area contributed by atoms with Gasteiger partial charge in [-0.25, -0.2) is 4.98 Å². The van der Waals surface area contributed by atoms with Crippen LogP contribution in [0.25, 0.3) is 0 Å². The van der Waals surface area contributed by atoms with E-state index < -0.39 is 0 Å². The monoisotopic (exact) mass is 228 g/mol. The van der Waals surface area contributed by atoms with Crippen molar-refractivity contribution in [1.29, 1.82) is 0 Å². The molecule has 0 saturated carbocycles. The molecule has 0 aromatic carbocycles. The van der Waals surface area contributed by atoms with Crippen LogP contribution in [0.1, 0.15) is 38.2 Å². The van der Waals surface area contributed by atoms with Gasteiger partial charge in [-0.05, 0) is 30.4 Å². The number of pyridine rings is 1. The molecule has 0 unspecified atom stereocenters. The van der Waals surface area contributed by atoms with Crippen LogP contribution in [0.3, 0.4) is 0 Å². The highest BCUT2D eigenvalue weighted by Gasteiger charge is 2.18. The Balaban J connectivity index is 2.02. The second-order valence-electron chi connectivity index (χ2n) is 5.03. The van der Waals surface area contributed by atoms with Crippen LogP contribution in [-0.4, -0.2) is 18.1 Å². The third-order valence-electron chi connectivity index (χ3n) is 3.49. The van der Waals surface area contributed by atoms with E-state index in [9.17, 15) is 0 Å². The first-order chi connectivity index (χ1) is 8.20. The maximum Gasteiger partial charge on any atom is 0.128 e. The summed E-state index contributed by atoms with van der Waals surface area (Å²) in [6.07, 6.45) is 9.62. The summed E-state index contributed by atoms with van der Waals surface area (Å²) in [5, 5.41) is 0. The van der Waals surface area contributed by atoms with Gasteiger partial charge in [-0.15, -0.1) is 12.3 Å². The molecule has 0 N–H and O–H groups in total. The Hall–Kier alpha value is -1.49. The van der Waals surface area contributed by atoms with Gasteiger partial charge in [0.2, 0.25) is 0 Å². The van der Waals surface area contributed by atoms with Gasteiger partial charge in [0.05, 0.1) is 0 Å². The molecule has 2 rings (SSSR count). The predicted molar refractivity (Wildman–Crippen MR) is 72.1 cm³/mol. The van der Waals surface area contributed by atoms with E-state index in [1.54, 1.807) is 0 Å². The van der Waals surface area contributed by atoms with E-state index in [-0.39, 0.29) is 0 Å². The first-order valence-electron chi connectivity index (χ1n) is 6.37. The second-order valence-corrected chi connectivity index (χ2v) is 5.03. The zero-order valence-electron chi connectivity index (χ0n) is 10.7. The fourth-order valence-electron chi connectivity index (χ4n) is 2.20. The second kappa shape index (κ2) is 5.23. The number of nitrogens with zero attached hydrogens (tertiary/aromatic N) is 2. The molecule has 1 saturated heterocycles. The van der Waals surface area contributed by atoms with Crippen LogP contribution in [0.4, 0.5) is 5.82 Å². The van der Waals surface area contributed by atoms with E-state index in [0.717, 1.165) is 31.7 Å². The third kappa shape index (κ3) is 2.79. The molecule has 0 spiro atoms. The number of hydrogen-bond donors (Lipinski definition) is 0. The van der Waals surface area contributed by atoms with Crippen LogP contribution >= 0.6 is 0 Å². The average molecular weight is 228 g/mol. The Kier molecular flexibility index (Phi) is 3.68. The van der Waals surface area contributed by atoms with Crippen LogP contribution < -0.4 is 4.90 Å². The van der Waals surface area contributed by atoms with Crippen molar-refractivity contribution in [1.82, 2.24) is 4.98 Å². The highest BCUT2D eigenvalue weighted by molar-refractivity contribution is 5.40. The highest BCUT2D eigenvalue weighted by atomic mass is 15.2. The van der Waals surface area contributed by atoms with Crippen LogP contribution in [-0.2, 0) is 0 Å². The predicted octanol–water partition coefficient (Wildman–Crippen LogP) is 3.05. The molecule has 2 heteroatoms. The van der Waals surface area contributed by atoms with Gasteiger partial charge >= 0.3 is 0 Å². The summed E-state index contributed by atoms with van der Waals surface area (Å²) in [6.45, 7) is 6.44. The Morgan fingerprint density at radius 2 is 2.06 bits per heavy atom. The molecule has 1 aromatic rings. The average Bonchev–Trinajstić information content (AvgIpc) is 2.39. The van der Waals surface area contributed by atoms with Crippen molar-refractivity contribution in [2.45, 2.75) is 32.6 Å². The Labute approximate surface area is 104 Å². The smallest absolute Gasteiger partial charge is 0.128 e. The SMILES string of the molecule is C#CC1CCN(c2ccc(C(C)C)cn2)CC1. The quantitative estimate of drug-likeness (QED) is 0.723. The zero-order valence-corrected chi connectivity index (χ0v) is 10.7. The number of aromatic nitrogens is 1. The van der Waals surface area contributed by atoms with Crippen molar-refractivity contribution in [2.24, 2.45) is 5.92 Å². The minimum absolute atomic E-state index is 0.459. The molecule has 90 valence electrons. The highest BCUT2D eigenvalue weighted by Crippen LogP contribution is 2.22. The van der Waals surface area contributed by atoms with E-state index in [1.807, 2.05) is 6.20 Å². The van der Waals surface area contributed by atoms with Gasteiger partial charge in [0.25, 0.3) is 0 Å². The molecule has 1 aliphatic rings. The van der Waals surface area contributed by atoms with Crippen molar-refractivity contribution < 1.29 is 0 Å². The maximum absolute atomic E-state index is 5.46. The molecule has 1 aromatic heterocycles. The first kappa shape index (κ1) is 12.0. The Bertz CT molecular complexity index is 392. The van der Waals surface area contributed by atoms with Gasteiger partial charge in [0.15, 0.2) is 0 Å². The van der Waals surface area contributed by atoms with E-state index in [4.69, 9.17) is 6.42 Å². The van der Waals surface area contributed by atoms with Gasteiger partial charge in [0.1, 0.15) is 5.82 Å². The van der Waals surface area contributed by atoms with Gasteiger partial charge in [-0.2, -0.15) is 0 Å². The van der Waals surface area contributed by atoms with Crippen molar-refractivity contribution in [3.05, 3.63) is 23.9 Å². The molecule has 2 heterocycles. The number of hydrogen-bond acceptors (Lipinski definition) is 2. The molecular formula is C15H20N2. The molecule has 0 radical (unpaired) electrons. The standard InChI is InChI=1S/C15H20N2/c1-4-13-7-9-17(10-8-13)15-6-5-14(11-16-15)12(2)3/h1,5-6,11-13H,7-10H2,2-3H3. The lowest BCUT2D eigenvalue weighted by Gasteiger charge is -2.30. The zero-order chi connectivity index (χ0) is 12.3. The van der Waals surface area contributed by atoms with Crippen LogP contribution in [0, 0.1) is 18.3 Å². The third-order valence-corrected chi connectivity index (χ3v) is 3.49. The molecule has 2 nitrogen and oxygen atoms in total. The fraction of sp³-hybridized carbons (Fsp3) is 0.533. The van der Waals surface area contributed by atoms with Crippen molar-refractivity contribution in [2.75, 3.05) is 18.0 Å². The van der Waals surface area contributed by atoms with E-state index >= 15 is 0 Å². The van der Waals surface area contributed by atoms with Crippen LogP contribution in [0.15, 0.2) is 18.3 Å². The molecule has 0 amide bonds. The van der Waals surface area contributed by atoms with Crippen molar-refractivity contribution in [3.63, 3.8) is 0 Å². The summed E-state index contributed by atoms with van der Waals surface area (Å²) in [7, 11) is 0. The van der Waals surface area contributed by atoms with E-state index in [2.05, 4.69) is 41.8 Å². The lowest BCUT2D eigenvalue weighted by molar-refractivity contribution is 0.489. The molecule has 0 atom stereocenters. The number of rotatable bonds is 2. The van der Waals surface area contributed by atoms with Crippen LogP contribution in [0.5, 0.6) is 0 Å². The summed E-state index contributed by atoms with van der Waals surface area (Å²) in [4.78, 5) is 6.88. The summed E-state index contributed by atoms with van der Waals surface area (Å²) < 4.78 is 0. The van der Waals surface area contributed by atoms with Crippen LogP contribution in [0.2, 0.25) is 0 Å². The first-order valence-corrected chi connectivity index (χ1v) is 6.37. The number of piperidine rings is 1. The van der Waals surface area contributed by atoms with Crippen molar-refractivity contribution >= 4 is 5.82 Å². The normalized spacial score (nSPS) is 17.2. The summed E-state index contributed by atoms with van der Waals surface area (Å²) in [5.74, 6) is 4.95. The largest absolute Gasteiger partial charge is 0.357 e. The van der Waals surface area contributed by atoms with Gasteiger partial charge < -0.3 is 4.90 Å². The summed E-state index contributed by atoms with van der Waals surface area (Å²) >= 11 is 0. The summed E-state index contributed by atoms with van der Waals surface area (Å²) in [6, 6.07) is 4.31. The Morgan fingerprint density at radius 1 is 1.35 bits per heavy atom. The topological polar surface area (TPSA) is 16.1 Å². The lowest BCUT2D eigenvalue weighted by atomic mass is 9.98. The molecule has 1 fully saturated rings. The number of anilines is 1. The number of terminal acetylenes is 1. The van der Waals surface area contributed by atoms with Gasteiger partial charge in [-0.1, -0.05) is 19.9 Å². The fourth-order valence-corrected chi connectivity index (χ4v) is 2.20. The molecule has 0 bridgehead atoms.